The lowest BCUT2D eigenvalue weighted by Crippen LogP contribution is -2.53. The summed E-state index contributed by atoms with van der Waals surface area (Å²) in [5.41, 5.74) is 1.79. The molecule has 0 spiro atoms. The van der Waals surface area contributed by atoms with Gasteiger partial charge in [0.15, 0.2) is 0 Å². The zero-order valence-electron chi connectivity index (χ0n) is 18.0. The van der Waals surface area contributed by atoms with Gasteiger partial charge in [-0.15, -0.1) is 0 Å². The maximum Gasteiger partial charge on any atom is 0.338 e. The number of hydrogen-bond donors (Lipinski definition) is 2. The molecule has 4 rings (SSSR count). The maximum absolute atomic E-state index is 12.7. The van der Waals surface area contributed by atoms with E-state index in [2.05, 4.69) is 20.4 Å². The standard InChI is InChI=1S/C23H31ClN4O3/c1-31-22(29)20-19(25-23(30)26-21(20)16-6-5-7-17(24)14-16)15-27-10-12-28(13-11-27)18-8-3-2-4-9-18/h5-7,14,18,21H,2-4,8-13,15H2,1H3,(H2,25,26,30)/t21-/m1/s1. The van der Waals surface area contributed by atoms with Crippen LogP contribution in [0, 0.1) is 0 Å². The Balaban J connectivity index is 1.51. The van der Waals surface area contributed by atoms with Crippen LogP contribution in [0.2, 0.25) is 5.02 Å². The van der Waals surface area contributed by atoms with Crippen LogP contribution in [-0.4, -0.2) is 67.7 Å². The van der Waals surface area contributed by atoms with Gasteiger partial charge in [-0.2, -0.15) is 0 Å². The van der Waals surface area contributed by atoms with E-state index in [4.69, 9.17) is 16.3 Å². The predicted octanol–water partition coefficient (Wildman–Crippen LogP) is 3.07. The van der Waals surface area contributed by atoms with Gasteiger partial charge in [0.05, 0.1) is 18.7 Å². The zero-order valence-corrected chi connectivity index (χ0v) is 18.8. The van der Waals surface area contributed by atoms with Crippen molar-refractivity contribution in [2.75, 3.05) is 39.8 Å². The highest BCUT2D eigenvalue weighted by molar-refractivity contribution is 6.30. The third-order valence-corrected chi connectivity index (χ3v) is 6.86. The third kappa shape index (κ3) is 5.22. The molecular weight excluding hydrogens is 416 g/mol. The largest absolute Gasteiger partial charge is 0.466 e. The molecule has 1 aliphatic carbocycles. The fourth-order valence-electron chi connectivity index (χ4n) is 4.99. The molecule has 1 aromatic rings. The summed E-state index contributed by atoms with van der Waals surface area (Å²) in [7, 11) is 1.36. The first-order valence-corrected chi connectivity index (χ1v) is 11.5. The van der Waals surface area contributed by atoms with Crippen molar-refractivity contribution in [1.82, 2.24) is 20.4 Å². The lowest BCUT2D eigenvalue weighted by Gasteiger charge is -2.41. The number of ether oxygens (including phenoxy) is 1. The number of piperazine rings is 1. The number of amides is 2. The molecule has 0 radical (unpaired) electrons. The first-order chi connectivity index (χ1) is 15.0. The summed E-state index contributed by atoms with van der Waals surface area (Å²) in [5, 5.41) is 6.26. The Hall–Kier alpha value is -2.09. The molecule has 2 N–H and O–H groups in total. The summed E-state index contributed by atoms with van der Waals surface area (Å²) in [6.45, 7) is 4.39. The molecule has 1 saturated carbocycles. The molecule has 0 aromatic heterocycles. The lowest BCUT2D eigenvalue weighted by atomic mass is 9.93. The Morgan fingerprint density at radius 1 is 1.16 bits per heavy atom. The fourth-order valence-corrected chi connectivity index (χ4v) is 5.18. The summed E-state index contributed by atoms with van der Waals surface area (Å²) in [6, 6.07) is 6.98. The number of benzene rings is 1. The maximum atomic E-state index is 12.7. The Bertz CT molecular complexity index is 845. The molecule has 3 aliphatic rings. The van der Waals surface area contributed by atoms with Gasteiger partial charge in [-0.25, -0.2) is 9.59 Å². The SMILES string of the molecule is COC(=O)C1=C(CN2CCN(C3CCCCC3)CC2)NC(=O)N[C@@H]1c1cccc(Cl)c1. The van der Waals surface area contributed by atoms with Gasteiger partial charge < -0.3 is 15.4 Å². The molecule has 0 unspecified atom stereocenters. The molecule has 2 heterocycles. The number of carbonyl (C=O) groups excluding carboxylic acids is 2. The number of halogens is 1. The first kappa shape index (κ1) is 22.1. The van der Waals surface area contributed by atoms with Gasteiger partial charge in [0.2, 0.25) is 0 Å². The fraction of sp³-hybridized carbons (Fsp3) is 0.565. The van der Waals surface area contributed by atoms with E-state index < -0.39 is 12.0 Å². The van der Waals surface area contributed by atoms with Crippen LogP contribution < -0.4 is 10.6 Å². The van der Waals surface area contributed by atoms with Crippen LogP contribution >= 0.6 is 11.6 Å². The Morgan fingerprint density at radius 2 is 1.90 bits per heavy atom. The van der Waals surface area contributed by atoms with Crippen LogP contribution in [0.5, 0.6) is 0 Å². The van der Waals surface area contributed by atoms with Crippen molar-refractivity contribution in [3.05, 3.63) is 46.1 Å². The smallest absolute Gasteiger partial charge is 0.338 e. The number of hydrogen-bond acceptors (Lipinski definition) is 5. The number of urea groups is 1. The number of esters is 1. The molecule has 1 saturated heterocycles. The van der Waals surface area contributed by atoms with E-state index in [1.54, 1.807) is 12.1 Å². The van der Waals surface area contributed by atoms with E-state index >= 15 is 0 Å². The average molecular weight is 447 g/mol. The van der Waals surface area contributed by atoms with Gasteiger partial charge in [0.25, 0.3) is 0 Å². The molecule has 8 heteroatoms. The number of rotatable bonds is 5. The van der Waals surface area contributed by atoms with E-state index in [0.29, 0.717) is 28.9 Å². The Kier molecular flexibility index (Phi) is 7.15. The van der Waals surface area contributed by atoms with Crippen LogP contribution in [0.4, 0.5) is 4.79 Å². The molecule has 0 bridgehead atoms. The van der Waals surface area contributed by atoms with E-state index in [9.17, 15) is 9.59 Å². The minimum atomic E-state index is -0.599. The van der Waals surface area contributed by atoms with Gasteiger partial charge in [0, 0.05) is 49.5 Å². The monoisotopic (exact) mass is 446 g/mol. The van der Waals surface area contributed by atoms with Gasteiger partial charge in [-0.1, -0.05) is 43.0 Å². The van der Waals surface area contributed by atoms with Gasteiger partial charge in [-0.05, 0) is 30.5 Å². The summed E-state index contributed by atoms with van der Waals surface area (Å²) in [4.78, 5) is 30.1. The molecule has 1 aromatic carbocycles. The van der Waals surface area contributed by atoms with Gasteiger partial charge in [-0.3, -0.25) is 9.80 Å². The minimum Gasteiger partial charge on any atom is -0.466 e. The van der Waals surface area contributed by atoms with E-state index in [1.807, 2.05) is 12.1 Å². The molecule has 2 aliphatic heterocycles. The molecule has 31 heavy (non-hydrogen) atoms. The second kappa shape index (κ2) is 10.0. The van der Waals surface area contributed by atoms with Crippen molar-refractivity contribution in [3.8, 4) is 0 Å². The number of nitrogens with one attached hydrogen (secondary N) is 2. The quantitative estimate of drug-likeness (QED) is 0.680. The van der Waals surface area contributed by atoms with Crippen LogP contribution in [0.15, 0.2) is 35.5 Å². The van der Waals surface area contributed by atoms with Gasteiger partial charge in [0.1, 0.15) is 0 Å². The highest BCUT2D eigenvalue weighted by atomic mass is 35.5. The van der Waals surface area contributed by atoms with Gasteiger partial charge >= 0.3 is 12.0 Å². The van der Waals surface area contributed by atoms with E-state index in [-0.39, 0.29) is 6.03 Å². The van der Waals surface area contributed by atoms with E-state index in [1.165, 1.54) is 39.2 Å². The zero-order chi connectivity index (χ0) is 21.8. The minimum absolute atomic E-state index is 0.325. The summed E-state index contributed by atoms with van der Waals surface area (Å²) >= 11 is 6.16. The van der Waals surface area contributed by atoms with E-state index in [0.717, 1.165) is 31.7 Å². The second-order valence-electron chi connectivity index (χ2n) is 8.57. The highest BCUT2D eigenvalue weighted by Crippen LogP contribution is 2.30. The summed E-state index contributed by atoms with van der Waals surface area (Å²) in [6.07, 6.45) is 6.65. The second-order valence-corrected chi connectivity index (χ2v) is 9.01. The summed E-state index contributed by atoms with van der Waals surface area (Å²) in [5.74, 6) is -0.451. The van der Waals surface area contributed by atoms with Crippen molar-refractivity contribution in [2.45, 2.75) is 44.2 Å². The molecule has 2 amide bonds. The molecule has 2 fully saturated rings. The van der Waals surface area contributed by atoms with Crippen molar-refractivity contribution in [3.63, 3.8) is 0 Å². The normalized spacial score (nSPS) is 23.9. The Morgan fingerprint density at radius 3 is 2.58 bits per heavy atom. The van der Waals surface area contributed by atoms with Crippen LogP contribution in [0.25, 0.3) is 0 Å². The molecular formula is C23H31ClN4O3. The lowest BCUT2D eigenvalue weighted by molar-refractivity contribution is -0.136. The van der Waals surface area contributed by atoms with Crippen molar-refractivity contribution in [2.24, 2.45) is 0 Å². The van der Waals surface area contributed by atoms with Crippen molar-refractivity contribution < 1.29 is 14.3 Å². The van der Waals surface area contributed by atoms with Crippen LogP contribution in [0.1, 0.15) is 43.7 Å². The number of nitrogens with zero attached hydrogens (tertiary/aromatic N) is 2. The van der Waals surface area contributed by atoms with Crippen molar-refractivity contribution in [1.29, 1.82) is 0 Å². The number of carbonyl (C=O) groups is 2. The van der Waals surface area contributed by atoms with Crippen LogP contribution in [-0.2, 0) is 9.53 Å². The predicted molar refractivity (Wildman–Crippen MR) is 120 cm³/mol. The summed E-state index contributed by atoms with van der Waals surface area (Å²) < 4.78 is 5.07. The third-order valence-electron chi connectivity index (χ3n) is 6.62. The Labute approximate surface area is 188 Å². The molecule has 168 valence electrons. The van der Waals surface area contributed by atoms with Crippen molar-refractivity contribution >= 4 is 23.6 Å². The highest BCUT2D eigenvalue weighted by Gasteiger charge is 2.35. The first-order valence-electron chi connectivity index (χ1n) is 11.2. The average Bonchev–Trinajstić information content (AvgIpc) is 2.79. The molecule has 1 atom stereocenters. The van der Waals surface area contributed by atoms with Crippen LogP contribution in [0.3, 0.4) is 0 Å². The number of methoxy groups -OCH3 is 1. The molecule has 7 nitrogen and oxygen atoms in total. The topological polar surface area (TPSA) is 73.9 Å².